The summed E-state index contributed by atoms with van der Waals surface area (Å²) in [5.74, 6) is 0.179. The molecule has 1 N–H and O–H groups in total. The molecule has 0 heterocycles. The minimum Gasteiger partial charge on any atom is -0.379 e. The van der Waals surface area contributed by atoms with Gasteiger partial charge in [-0.3, -0.25) is 4.55 Å². The SMILES string of the molecule is O=S(=O)(O)c1ccccc1/C=C/c1ccccc1S(=O)(=O)Oc1ccccc1. The standard InChI is InChI=1S/C20H16O6S2/c21-27(22,23)19-12-6-4-8-16(19)14-15-17-9-5-7-13-20(17)28(24,25)26-18-10-2-1-3-11-18/h1-15H,(H,21,22,23)/b15-14+. The zero-order chi connectivity index (χ0) is 20.2. The van der Waals surface area contributed by atoms with Crippen LogP contribution in [0.4, 0.5) is 0 Å². The second kappa shape index (κ2) is 7.97. The summed E-state index contributed by atoms with van der Waals surface area (Å²) in [6.45, 7) is 0. The first-order valence-corrected chi connectivity index (χ1v) is 11.0. The monoisotopic (exact) mass is 416 g/mol. The van der Waals surface area contributed by atoms with E-state index in [-0.39, 0.29) is 21.1 Å². The second-order valence-corrected chi connectivity index (χ2v) is 8.64. The summed E-state index contributed by atoms with van der Waals surface area (Å²) in [7, 11) is -8.52. The van der Waals surface area contributed by atoms with E-state index in [1.54, 1.807) is 42.5 Å². The average molecular weight is 416 g/mol. The molecular weight excluding hydrogens is 400 g/mol. The smallest absolute Gasteiger partial charge is 0.339 e. The Labute approximate surface area is 163 Å². The molecule has 0 radical (unpaired) electrons. The Balaban J connectivity index is 1.99. The Kier molecular flexibility index (Phi) is 5.64. The minimum absolute atomic E-state index is 0.0700. The summed E-state index contributed by atoms with van der Waals surface area (Å²) < 4.78 is 62.8. The van der Waals surface area contributed by atoms with Gasteiger partial charge in [0.1, 0.15) is 15.5 Å². The highest BCUT2D eigenvalue weighted by Crippen LogP contribution is 2.24. The van der Waals surface area contributed by atoms with Crippen LogP contribution in [0.3, 0.4) is 0 Å². The third-order valence-corrected chi connectivity index (χ3v) is 6.03. The van der Waals surface area contributed by atoms with Crippen molar-refractivity contribution in [2.75, 3.05) is 0 Å². The van der Waals surface area contributed by atoms with E-state index in [0.717, 1.165) is 0 Å². The molecule has 0 aliphatic carbocycles. The predicted octanol–water partition coefficient (Wildman–Crippen LogP) is 3.87. The van der Waals surface area contributed by atoms with Gasteiger partial charge in [-0.1, -0.05) is 66.7 Å². The summed E-state index contributed by atoms with van der Waals surface area (Å²) >= 11 is 0. The van der Waals surface area contributed by atoms with Gasteiger partial charge in [-0.15, -0.1) is 0 Å². The van der Waals surface area contributed by atoms with Crippen LogP contribution in [0.5, 0.6) is 5.75 Å². The van der Waals surface area contributed by atoms with Gasteiger partial charge in [0.05, 0.1) is 0 Å². The first-order chi connectivity index (χ1) is 13.3. The van der Waals surface area contributed by atoms with Crippen LogP contribution >= 0.6 is 0 Å². The van der Waals surface area contributed by atoms with Crippen molar-refractivity contribution in [3.05, 3.63) is 90.0 Å². The summed E-state index contributed by atoms with van der Waals surface area (Å²) in [6.07, 6.45) is 2.87. The maximum Gasteiger partial charge on any atom is 0.339 e. The molecule has 28 heavy (non-hydrogen) atoms. The Morgan fingerprint density at radius 2 is 1.11 bits per heavy atom. The summed E-state index contributed by atoms with van der Waals surface area (Å²) in [4.78, 5) is -0.341. The fraction of sp³-hybridized carbons (Fsp3) is 0. The Bertz CT molecular complexity index is 1210. The van der Waals surface area contributed by atoms with Crippen LogP contribution < -0.4 is 4.18 Å². The molecule has 0 aliphatic heterocycles. The molecule has 0 saturated carbocycles. The van der Waals surface area contributed by atoms with Gasteiger partial charge in [0.15, 0.2) is 0 Å². The molecule has 3 aromatic carbocycles. The topological polar surface area (TPSA) is 97.7 Å². The van der Waals surface area contributed by atoms with Crippen LogP contribution in [0.2, 0.25) is 0 Å². The van der Waals surface area contributed by atoms with E-state index in [1.807, 2.05) is 0 Å². The molecule has 0 spiro atoms. The van der Waals surface area contributed by atoms with E-state index in [0.29, 0.717) is 5.56 Å². The Morgan fingerprint density at radius 3 is 1.68 bits per heavy atom. The van der Waals surface area contributed by atoms with Gasteiger partial charge >= 0.3 is 10.1 Å². The molecule has 3 rings (SSSR count). The van der Waals surface area contributed by atoms with Crippen LogP contribution in [0.1, 0.15) is 11.1 Å². The van der Waals surface area contributed by atoms with E-state index < -0.39 is 20.2 Å². The number of para-hydroxylation sites is 1. The lowest BCUT2D eigenvalue weighted by atomic mass is 10.1. The molecular formula is C20H16O6S2. The Morgan fingerprint density at radius 1 is 0.643 bits per heavy atom. The van der Waals surface area contributed by atoms with Crippen molar-refractivity contribution in [3.63, 3.8) is 0 Å². The highest BCUT2D eigenvalue weighted by molar-refractivity contribution is 7.87. The van der Waals surface area contributed by atoms with Crippen molar-refractivity contribution < 1.29 is 25.6 Å². The average Bonchev–Trinajstić information content (AvgIpc) is 2.66. The lowest BCUT2D eigenvalue weighted by Crippen LogP contribution is -2.11. The quantitative estimate of drug-likeness (QED) is 0.372. The van der Waals surface area contributed by atoms with Crippen molar-refractivity contribution in [1.29, 1.82) is 0 Å². The summed E-state index contributed by atoms with van der Waals surface area (Å²) in [5.41, 5.74) is 0.532. The fourth-order valence-electron chi connectivity index (χ4n) is 2.53. The van der Waals surface area contributed by atoms with Gasteiger partial charge in [0.2, 0.25) is 0 Å². The van der Waals surface area contributed by atoms with Crippen LogP contribution in [-0.4, -0.2) is 21.4 Å². The molecule has 0 atom stereocenters. The first-order valence-electron chi connectivity index (χ1n) is 8.10. The van der Waals surface area contributed by atoms with Crippen molar-refractivity contribution >= 4 is 32.4 Å². The molecule has 8 heteroatoms. The lowest BCUT2D eigenvalue weighted by molar-refractivity contribution is 0.482. The number of hydrogen-bond donors (Lipinski definition) is 1. The summed E-state index contributed by atoms with van der Waals surface area (Å²) in [6, 6.07) is 20.1. The van der Waals surface area contributed by atoms with Gasteiger partial charge < -0.3 is 4.18 Å². The normalized spacial score (nSPS) is 12.2. The largest absolute Gasteiger partial charge is 0.379 e. The van der Waals surface area contributed by atoms with E-state index in [1.165, 1.54) is 48.6 Å². The fourth-order valence-corrected chi connectivity index (χ4v) is 4.33. The zero-order valence-electron chi connectivity index (χ0n) is 14.5. The van der Waals surface area contributed by atoms with Gasteiger partial charge in [-0.25, -0.2) is 0 Å². The van der Waals surface area contributed by atoms with Gasteiger partial charge in [-0.05, 0) is 35.4 Å². The number of benzene rings is 3. The highest BCUT2D eigenvalue weighted by Gasteiger charge is 2.20. The number of rotatable bonds is 6. The van der Waals surface area contributed by atoms with Crippen LogP contribution in [0.25, 0.3) is 12.2 Å². The van der Waals surface area contributed by atoms with Crippen molar-refractivity contribution in [3.8, 4) is 5.75 Å². The van der Waals surface area contributed by atoms with Crippen LogP contribution in [-0.2, 0) is 20.2 Å². The molecule has 0 bridgehead atoms. The third-order valence-electron chi connectivity index (χ3n) is 3.78. The third kappa shape index (κ3) is 4.66. The van der Waals surface area contributed by atoms with E-state index in [4.69, 9.17) is 4.18 Å². The Hall–Kier alpha value is -2.94. The van der Waals surface area contributed by atoms with Gasteiger partial charge in [-0.2, -0.15) is 16.8 Å². The molecule has 0 aromatic heterocycles. The van der Waals surface area contributed by atoms with Crippen LogP contribution in [0, 0.1) is 0 Å². The van der Waals surface area contributed by atoms with Crippen molar-refractivity contribution in [2.24, 2.45) is 0 Å². The summed E-state index contributed by atoms with van der Waals surface area (Å²) in [5, 5.41) is 0. The molecule has 144 valence electrons. The first kappa shape index (κ1) is 19.8. The lowest BCUT2D eigenvalue weighted by Gasteiger charge is -2.09. The number of hydrogen-bond acceptors (Lipinski definition) is 5. The zero-order valence-corrected chi connectivity index (χ0v) is 16.1. The van der Waals surface area contributed by atoms with E-state index in [2.05, 4.69) is 0 Å². The van der Waals surface area contributed by atoms with Gasteiger partial charge in [0.25, 0.3) is 10.1 Å². The predicted molar refractivity (Wildman–Crippen MR) is 106 cm³/mol. The molecule has 0 fully saturated rings. The maximum absolute atomic E-state index is 12.7. The molecule has 3 aromatic rings. The van der Waals surface area contributed by atoms with E-state index in [9.17, 15) is 21.4 Å². The highest BCUT2D eigenvalue weighted by atomic mass is 32.2. The molecule has 6 nitrogen and oxygen atoms in total. The molecule has 0 saturated heterocycles. The second-order valence-electron chi connectivity index (χ2n) is 5.73. The van der Waals surface area contributed by atoms with Crippen LogP contribution in [0.15, 0.2) is 88.7 Å². The van der Waals surface area contributed by atoms with Gasteiger partial charge in [0, 0.05) is 0 Å². The molecule has 0 unspecified atom stereocenters. The van der Waals surface area contributed by atoms with Crippen molar-refractivity contribution in [2.45, 2.75) is 9.79 Å². The molecule has 0 aliphatic rings. The van der Waals surface area contributed by atoms with E-state index >= 15 is 0 Å². The van der Waals surface area contributed by atoms with Crippen molar-refractivity contribution in [1.82, 2.24) is 0 Å². The molecule has 0 amide bonds. The minimum atomic E-state index is -4.41. The maximum atomic E-state index is 12.7.